The minimum atomic E-state index is -0.542. The van der Waals surface area contributed by atoms with Crippen molar-refractivity contribution in [2.45, 2.75) is 18.4 Å². The fraction of sp³-hybridized carbons (Fsp3) is 0.160. The van der Waals surface area contributed by atoms with E-state index in [9.17, 15) is 9.59 Å². The largest absolute Gasteiger partial charge is 0.449 e. The summed E-state index contributed by atoms with van der Waals surface area (Å²) in [6.45, 7) is 0.239. The highest BCUT2D eigenvalue weighted by Gasteiger charge is 2.29. The van der Waals surface area contributed by atoms with Crippen molar-refractivity contribution in [2.75, 3.05) is 6.61 Å². The van der Waals surface area contributed by atoms with Gasteiger partial charge < -0.3 is 10.1 Å². The molecule has 0 saturated heterocycles. The number of hydrogen-bond donors (Lipinski definition) is 1. The molecule has 144 valence electrons. The van der Waals surface area contributed by atoms with E-state index in [0.29, 0.717) is 6.42 Å². The van der Waals surface area contributed by atoms with Crippen LogP contribution in [0, 0.1) is 0 Å². The van der Waals surface area contributed by atoms with Crippen LogP contribution in [0.4, 0.5) is 4.79 Å². The van der Waals surface area contributed by atoms with Gasteiger partial charge in [-0.3, -0.25) is 0 Å². The van der Waals surface area contributed by atoms with Crippen molar-refractivity contribution in [3.63, 3.8) is 0 Å². The van der Waals surface area contributed by atoms with Gasteiger partial charge in [0.1, 0.15) is 12.5 Å². The summed E-state index contributed by atoms with van der Waals surface area (Å²) in [7, 11) is 0. The number of carbonyl (C=O) groups is 1. The third kappa shape index (κ3) is 4.13. The van der Waals surface area contributed by atoms with Crippen LogP contribution >= 0.6 is 0 Å². The number of carbonyl (C=O) groups excluding carboxylic acids is 2. The zero-order valence-corrected chi connectivity index (χ0v) is 15.9. The summed E-state index contributed by atoms with van der Waals surface area (Å²) in [5.41, 5.74) is 5.71. The van der Waals surface area contributed by atoms with Crippen molar-refractivity contribution in [1.29, 1.82) is 0 Å². The van der Waals surface area contributed by atoms with Crippen LogP contribution in [0.5, 0.6) is 0 Å². The molecule has 0 unspecified atom stereocenters. The monoisotopic (exact) mass is 383 g/mol. The van der Waals surface area contributed by atoms with Gasteiger partial charge in [-0.15, -0.1) is 0 Å². The highest BCUT2D eigenvalue weighted by molar-refractivity contribution is 5.79. The Labute approximate surface area is 169 Å². The molecule has 0 saturated carbocycles. The van der Waals surface area contributed by atoms with E-state index in [2.05, 4.69) is 29.6 Å². The molecule has 29 heavy (non-hydrogen) atoms. The molecule has 0 fully saturated rings. The molecule has 0 aliphatic heterocycles. The molecular formula is C25H21NO3. The first-order valence-electron chi connectivity index (χ1n) is 9.62. The summed E-state index contributed by atoms with van der Waals surface area (Å²) in [4.78, 5) is 23.3. The van der Waals surface area contributed by atoms with Crippen LogP contribution in [0.15, 0.2) is 84.9 Å². The van der Waals surface area contributed by atoms with Gasteiger partial charge in [-0.05, 0) is 34.2 Å². The lowest BCUT2D eigenvalue weighted by atomic mass is 9.98. The van der Waals surface area contributed by atoms with Crippen molar-refractivity contribution in [3.05, 3.63) is 102 Å². The number of rotatable bonds is 6. The number of alkyl carbamates (subject to hydrolysis) is 1. The van der Waals surface area contributed by atoms with Gasteiger partial charge in [-0.2, -0.15) is 0 Å². The van der Waals surface area contributed by atoms with Crippen LogP contribution in [0.25, 0.3) is 11.1 Å². The SMILES string of the molecule is O=C=C[C@H](Cc1ccccc1)NC(=O)OCC1c2ccccc2-c2ccccc21. The predicted molar refractivity (Wildman–Crippen MR) is 112 cm³/mol. The van der Waals surface area contributed by atoms with Gasteiger partial charge in [0, 0.05) is 12.0 Å². The highest BCUT2D eigenvalue weighted by Crippen LogP contribution is 2.44. The van der Waals surface area contributed by atoms with Gasteiger partial charge in [0.2, 0.25) is 0 Å². The maximum Gasteiger partial charge on any atom is 0.407 e. The third-order valence-electron chi connectivity index (χ3n) is 5.21. The van der Waals surface area contributed by atoms with Crippen LogP contribution in [-0.4, -0.2) is 24.7 Å². The number of fused-ring (bicyclic) bond motifs is 3. The molecule has 3 aromatic carbocycles. The molecule has 1 aliphatic rings. The maximum atomic E-state index is 12.4. The van der Waals surface area contributed by atoms with Crippen LogP contribution in [-0.2, 0) is 16.0 Å². The normalized spacial score (nSPS) is 13.0. The summed E-state index contributed by atoms with van der Waals surface area (Å²) in [6, 6.07) is 25.6. The summed E-state index contributed by atoms with van der Waals surface area (Å²) >= 11 is 0. The van der Waals surface area contributed by atoms with E-state index < -0.39 is 12.1 Å². The van der Waals surface area contributed by atoms with Gasteiger partial charge in [0.05, 0.1) is 6.04 Å². The molecule has 0 bridgehead atoms. The van der Waals surface area contributed by atoms with Gasteiger partial charge >= 0.3 is 6.09 Å². The van der Waals surface area contributed by atoms with E-state index >= 15 is 0 Å². The van der Waals surface area contributed by atoms with E-state index in [0.717, 1.165) is 16.7 Å². The second-order valence-corrected chi connectivity index (χ2v) is 7.05. The molecule has 1 atom stereocenters. The predicted octanol–water partition coefficient (Wildman–Crippen LogP) is 4.52. The van der Waals surface area contributed by atoms with Gasteiger partial charge in [-0.1, -0.05) is 78.9 Å². The lowest BCUT2D eigenvalue weighted by Gasteiger charge is -2.17. The average Bonchev–Trinajstić information content (AvgIpc) is 3.07. The van der Waals surface area contributed by atoms with Crippen molar-refractivity contribution in [3.8, 4) is 11.1 Å². The minimum Gasteiger partial charge on any atom is -0.449 e. The van der Waals surface area contributed by atoms with E-state index in [-0.39, 0.29) is 12.5 Å². The van der Waals surface area contributed by atoms with E-state index in [1.54, 1.807) is 5.94 Å². The van der Waals surface area contributed by atoms with Gasteiger partial charge in [0.15, 0.2) is 0 Å². The number of nitrogens with one attached hydrogen (secondary N) is 1. The number of amides is 1. The fourth-order valence-electron chi connectivity index (χ4n) is 3.89. The molecule has 0 radical (unpaired) electrons. The summed E-state index contributed by atoms with van der Waals surface area (Å²) in [5, 5.41) is 2.76. The number of hydrogen-bond acceptors (Lipinski definition) is 3. The van der Waals surface area contributed by atoms with Crippen LogP contribution in [0.2, 0.25) is 0 Å². The van der Waals surface area contributed by atoms with Crippen molar-refractivity contribution >= 4 is 12.0 Å². The first-order chi connectivity index (χ1) is 14.3. The van der Waals surface area contributed by atoms with E-state index in [4.69, 9.17) is 4.74 Å². The Hall–Kier alpha value is -3.62. The second-order valence-electron chi connectivity index (χ2n) is 7.05. The highest BCUT2D eigenvalue weighted by atomic mass is 16.5. The molecule has 0 aromatic heterocycles. The van der Waals surface area contributed by atoms with Crippen LogP contribution < -0.4 is 5.32 Å². The lowest BCUT2D eigenvalue weighted by molar-refractivity contribution is 0.141. The minimum absolute atomic E-state index is 0.00216. The fourth-order valence-corrected chi connectivity index (χ4v) is 3.89. The van der Waals surface area contributed by atoms with Crippen molar-refractivity contribution < 1.29 is 14.3 Å². The van der Waals surface area contributed by atoms with Crippen molar-refractivity contribution in [2.24, 2.45) is 0 Å². The molecule has 4 heteroatoms. The molecule has 0 spiro atoms. The Morgan fingerprint density at radius 3 is 2.14 bits per heavy atom. The smallest absolute Gasteiger partial charge is 0.407 e. The molecule has 0 heterocycles. The lowest BCUT2D eigenvalue weighted by Crippen LogP contribution is -2.36. The Kier molecular flexibility index (Phi) is 5.55. The van der Waals surface area contributed by atoms with E-state index in [1.165, 1.54) is 17.2 Å². The second kappa shape index (κ2) is 8.59. The topological polar surface area (TPSA) is 55.4 Å². The zero-order chi connectivity index (χ0) is 20.1. The summed E-state index contributed by atoms with van der Waals surface area (Å²) in [5.74, 6) is 1.77. The molecule has 4 nitrogen and oxygen atoms in total. The van der Waals surface area contributed by atoms with Gasteiger partial charge in [0.25, 0.3) is 0 Å². The van der Waals surface area contributed by atoms with Crippen LogP contribution in [0.3, 0.4) is 0 Å². The Morgan fingerprint density at radius 1 is 0.931 bits per heavy atom. The summed E-state index contributed by atoms with van der Waals surface area (Å²) in [6.07, 6.45) is 1.27. The average molecular weight is 383 g/mol. The zero-order valence-electron chi connectivity index (χ0n) is 15.9. The third-order valence-corrected chi connectivity index (χ3v) is 5.21. The Morgan fingerprint density at radius 2 is 1.52 bits per heavy atom. The standard InChI is InChI=1S/C25H21NO3/c27-15-14-19(16-18-8-2-1-3-9-18)26-25(28)29-17-24-22-12-6-4-10-20(22)21-11-5-7-13-23(21)24/h1-14,19,24H,16-17H2,(H,26,28)/t19-/m1/s1. The maximum absolute atomic E-state index is 12.4. The Bertz CT molecular complexity index is 1010. The first-order valence-corrected chi connectivity index (χ1v) is 9.62. The molecule has 3 aromatic rings. The Balaban J connectivity index is 1.43. The molecular weight excluding hydrogens is 362 g/mol. The molecule has 1 N–H and O–H groups in total. The van der Waals surface area contributed by atoms with E-state index in [1.807, 2.05) is 54.6 Å². The quantitative estimate of drug-likeness (QED) is 0.637. The molecule has 4 rings (SSSR count). The van der Waals surface area contributed by atoms with Gasteiger partial charge in [-0.25, -0.2) is 9.59 Å². The molecule has 1 amide bonds. The number of benzene rings is 3. The first kappa shape index (κ1) is 18.7. The number of ether oxygens (including phenoxy) is 1. The van der Waals surface area contributed by atoms with Crippen molar-refractivity contribution in [1.82, 2.24) is 5.32 Å². The van der Waals surface area contributed by atoms with Crippen LogP contribution in [0.1, 0.15) is 22.6 Å². The molecule has 1 aliphatic carbocycles. The summed E-state index contributed by atoms with van der Waals surface area (Å²) < 4.78 is 5.55.